The van der Waals surface area contributed by atoms with Gasteiger partial charge in [-0.2, -0.15) is 0 Å². The number of nitrogens with one attached hydrogen (secondary N) is 2. The average Bonchev–Trinajstić information content (AvgIpc) is 2.32. The maximum Gasteiger partial charge on any atom is 0.211 e. The molecule has 0 aliphatic rings. The van der Waals surface area contributed by atoms with E-state index in [1.54, 1.807) is 19.2 Å². The van der Waals surface area contributed by atoms with E-state index in [0.29, 0.717) is 31.0 Å². The number of hydrogen-bond donors (Lipinski definition) is 2. The van der Waals surface area contributed by atoms with E-state index < -0.39 is 10.0 Å². The highest BCUT2D eigenvalue weighted by atomic mass is 35.5. The molecule has 2 N–H and O–H groups in total. The highest BCUT2D eigenvalue weighted by Crippen LogP contribution is 2.09. The second kappa shape index (κ2) is 7.74. The van der Waals surface area contributed by atoms with Crippen LogP contribution >= 0.6 is 11.6 Å². The van der Waals surface area contributed by atoms with Crippen LogP contribution in [0.2, 0.25) is 5.02 Å². The largest absolute Gasteiger partial charge is 0.320 e. The molecule has 0 aromatic heterocycles. The molecule has 102 valence electrons. The number of rotatable bonds is 8. The minimum absolute atomic E-state index is 0.161. The third kappa shape index (κ3) is 6.35. The van der Waals surface area contributed by atoms with Crippen LogP contribution in [0.25, 0.3) is 0 Å². The fourth-order valence-corrected chi connectivity index (χ4v) is 2.72. The van der Waals surface area contributed by atoms with E-state index in [2.05, 4.69) is 10.0 Å². The zero-order valence-corrected chi connectivity index (χ0v) is 12.0. The van der Waals surface area contributed by atoms with Gasteiger partial charge < -0.3 is 5.32 Å². The maximum absolute atomic E-state index is 11.6. The molecule has 0 amide bonds. The van der Waals surface area contributed by atoms with E-state index in [0.717, 1.165) is 5.56 Å². The molecule has 0 radical (unpaired) electrons. The lowest BCUT2D eigenvalue weighted by Crippen LogP contribution is -2.29. The third-order valence-electron chi connectivity index (χ3n) is 2.49. The summed E-state index contributed by atoms with van der Waals surface area (Å²) in [6.45, 7) is 1.13. The van der Waals surface area contributed by atoms with E-state index >= 15 is 0 Å². The first-order valence-corrected chi connectivity index (χ1v) is 7.93. The van der Waals surface area contributed by atoms with Gasteiger partial charge in [-0.15, -0.1) is 0 Å². The van der Waals surface area contributed by atoms with Gasteiger partial charge in [0.15, 0.2) is 0 Å². The van der Waals surface area contributed by atoms with E-state index in [1.807, 2.05) is 12.1 Å². The molecule has 0 fully saturated rings. The minimum atomic E-state index is -3.15. The first-order chi connectivity index (χ1) is 8.53. The highest BCUT2D eigenvalue weighted by Gasteiger charge is 2.08. The maximum atomic E-state index is 11.6. The molecule has 0 atom stereocenters. The summed E-state index contributed by atoms with van der Waals surface area (Å²) in [5.41, 5.74) is 1.07. The van der Waals surface area contributed by atoms with Gasteiger partial charge in [-0.1, -0.05) is 23.7 Å². The van der Waals surface area contributed by atoms with Crippen molar-refractivity contribution < 1.29 is 8.42 Å². The van der Waals surface area contributed by atoms with Gasteiger partial charge in [0, 0.05) is 11.6 Å². The van der Waals surface area contributed by atoms with Crippen LogP contribution in [0.1, 0.15) is 12.0 Å². The monoisotopic (exact) mass is 290 g/mol. The molecule has 0 spiro atoms. The second-order valence-electron chi connectivity index (χ2n) is 4.05. The second-order valence-corrected chi connectivity index (χ2v) is 6.41. The lowest BCUT2D eigenvalue weighted by molar-refractivity contribution is 0.577. The Morgan fingerprint density at radius 2 is 1.83 bits per heavy atom. The van der Waals surface area contributed by atoms with Crippen LogP contribution in [0, 0.1) is 0 Å². The zero-order valence-electron chi connectivity index (χ0n) is 10.4. The Morgan fingerprint density at radius 3 is 2.44 bits per heavy atom. The Kier molecular flexibility index (Phi) is 6.63. The van der Waals surface area contributed by atoms with Crippen molar-refractivity contribution >= 4 is 21.6 Å². The first-order valence-electron chi connectivity index (χ1n) is 5.90. The fraction of sp³-hybridized carbons (Fsp3) is 0.500. The molecule has 0 bridgehead atoms. The Morgan fingerprint density at radius 1 is 1.17 bits per heavy atom. The number of benzene rings is 1. The summed E-state index contributed by atoms with van der Waals surface area (Å²) < 4.78 is 25.8. The van der Waals surface area contributed by atoms with Gasteiger partial charge in [0.2, 0.25) is 10.0 Å². The van der Waals surface area contributed by atoms with Crippen LogP contribution < -0.4 is 10.0 Å². The predicted octanol–water partition coefficient (Wildman–Crippen LogP) is 1.41. The van der Waals surface area contributed by atoms with Crippen molar-refractivity contribution in [3.63, 3.8) is 0 Å². The van der Waals surface area contributed by atoms with Gasteiger partial charge in [0.25, 0.3) is 0 Å². The molecule has 0 unspecified atom stereocenters. The molecule has 0 saturated heterocycles. The fourth-order valence-electron chi connectivity index (χ4n) is 1.51. The first kappa shape index (κ1) is 15.4. The van der Waals surface area contributed by atoms with Crippen molar-refractivity contribution in [3.8, 4) is 0 Å². The summed E-state index contributed by atoms with van der Waals surface area (Å²) in [5, 5.41) is 3.61. The van der Waals surface area contributed by atoms with Crippen LogP contribution in [0.5, 0.6) is 0 Å². The van der Waals surface area contributed by atoms with Crippen molar-refractivity contribution in [2.24, 2.45) is 0 Å². The van der Waals surface area contributed by atoms with Gasteiger partial charge >= 0.3 is 0 Å². The molecule has 1 aromatic rings. The normalized spacial score (nSPS) is 11.7. The van der Waals surface area contributed by atoms with Gasteiger partial charge in [-0.3, -0.25) is 0 Å². The molecule has 1 aromatic carbocycles. The number of sulfonamides is 1. The van der Waals surface area contributed by atoms with Crippen LogP contribution in [0.4, 0.5) is 0 Å². The molecular formula is C12H19ClN2O2S. The topological polar surface area (TPSA) is 58.2 Å². The Hall–Kier alpha value is -0.620. The number of halogens is 1. The summed E-state index contributed by atoms with van der Waals surface area (Å²) in [6, 6.07) is 7.41. The predicted molar refractivity (Wildman–Crippen MR) is 75.5 cm³/mol. The summed E-state index contributed by atoms with van der Waals surface area (Å²) >= 11 is 5.77. The summed E-state index contributed by atoms with van der Waals surface area (Å²) in [7, 11) is -1.34. The molecule has 6 heteroatoms. The molecule has 0 aliphatic heterocycles. The van der Waals surface area contributed by atoms with Gasteiger partial charge in [0.1, 0.15) is 0 Å². The van der Waals surface area contributed by atoms with Crippen molar-refractivity contribution in [2.45, 2.75) is 12.8 Å². The van der Waals surface area contributed by atoms with E-state index in [9.17, 15) is 8.42 Å². The van der Waals surface area contributed by atoms with E-state index in [-0.39, 0.29) is 5.75 Å². The Bertz CT molecular complexity index is 446. The Balaban J connectivity index is 2.30. The van der Waals surface area contributed by atoms with Crippen LogP contribution in [-0.2, 0) is 16.4 Å². The average molecular weight is 291 g/mol. The van der Waals surface area contributed by atoms with Gasteiger partial charge in [-0.25, -0.2) is 13.1 Å². The molecule has 0 aliphatic carbocycles. The highest BCUT2D eigenvalue weighted by molar-refractivity contribution is 7.89. The lowest BCUT2D eigenvalue weighted by Gasteiger charge is -2.06. The van der Waals surface area contributed by atoms with Crippen LogP contribution in [0.15, 0.2) is 24.3 Å². The number of hydrogen-bond acceptors (Lipinski definition) is 3. The summed E-state index contributed by atoms with van der Waals surface area (Å²) in [6.07, 6.45) is 1.29. The van der Waals surface area contributed by atoms with Crippen molar-refractivity contribution in [2.75, 3.05) is 25.9 Å². The summed E-state index contributed by atoms with van der Waals surface area (Å²) in [4.78, 5) is 0. The standard InChI is InChI=1S/C12H19ClN2O2S/c1-14-8-2-10-18(16,17)15-9-7-11-3-5-12(13)6-4-11/h3-6,14-15H,2,7-10H2,1H3. The lowest BCUT2D eigenvalue weighted by atomic mass is 10.2. The quantitative estimate of drug-likeness (QED) is 0.712. The SMILES string of the molecule is CNCCCS(=O)(=O)NCCc1ccc(Cl)cc1. The summed E-state index contributed by atoms with van der Waals surface area (Å²) in [5.74, 6) is 0.161. The smallest absolute Gasteiger partial charge is 0.211 e. The molecule has 0 heterocycles. The third-order valence-corrected chi connectivity index (χ3v) is 4.21. The zero-order chi connectivity index (χ0) is 13.4. The minimum Gasteiger partial charge on any atom is -0.320 e. The van der Waals surface area contributed by atoms with Crippen LogP contribution in [-0.4, -0.2) is 34.3 Å². The van der Waals surface area contributed by atoms with Crippen molar-refractivity contribution in [3.05, 3.63) is 34.9 Å². The van der Waals surface area contributed by atoms with E-state index in [1.165, 1.54) is 0 Å². The van der Waals surface area contributed by atoms with Crippen molar-refractivity contribution in [1.82, 2.24) is 10.0 Å². The molecule has 0 saturated carbocycles. The van der Waals surface area contributed by atoms with Crippen molar-refractivity contribution in [1.29, 1.82) is 0 Å². The van der Waals surface area contributed by atoms with E-state index in [4.69, 9.17) is 11.6 Å². The molecular weight excluding hydrogens is 272 g/mol. The molecule has 1 rings (SSSR count). The molecule has 18 heavy (non-hydrogen) atoms. The van der Waals surface area contributed by atoms with Crippen LogP contribution in [0.3, 0.4) is 0 Å². The van der Waals surface area contributed by atoms with Gasteiger partial charge in [0.05, 0.1) is 5.75 Å². The Labute approximate surface area is 114 Å². The van der Waals surface area contributed by atoms with Gasteiger partial charge in [-0.05, 0) is 44.1 Å². The molecule has 4 nitrogen and oxygen atoms in total.